The van der Waals surface area contributed by atoms with Crippen LogP contribution in [0, 0.1) is 17.8 Å². The number of amides is 1. The van der Waals surface area contributed by atoms with Crippen LogP contribution in [-0.2, 0) is 4.79 Å². The molecule has 32 heavy (non-hydrogen) atoms. The smallest absolute Gasteiger partial charge is 0.262 e. The highest BCUT2D eigenvalue weighted by Crippen LogP contribution is 2.45. The summed E-state index contributed by atoms with van der Waals surface area (Å²) in [6.45, 7) is 1.74. The van der Waals surface area contributed by atoms with Gasteiger partial charge in [0, 0.05) is 37.8 Å². The summed E-state index contributed by atoms with van der Waals surface area (Å²) in [6, 6.07) is -0.183. The molecule has 1 amide bonds. The van der Waals surface area contributed by atoms with E-state index in [0.29, 0.717) is 41.5 Å². The standard InChI is InChI=1S/C23H29F2N5O2/c24-23(25)8-6-15(7-9-23)30-20-18(10-26-30)21(31)28-19(27-20)16-4-5-17(16)22(32)29-11-13-2-1-3-14(13)12-29/h10,13-17H,1-9,11-12H2,(H,27,28,31). The van der Waals surface area contributed by atoms with E-state index in [-0.39, 0.29) is 42.2 Å². The summed E-state index contributed by atoms with van der Waals surface area (Å²) in [5.74, 6) is -0.815. The SMILES string of the molecule is O=C(C1CCC1c1nc2c(cnn2C2CCC(F)(F)CC2)c(=O)[nH]1)N1CC2CCCC2C1. The normalized spacial score (nSPS) is 32.2. The number of alkyl halides is 2. The summed E-state index contributed by atoms with van der Waals surface area (Å²) in [6.07, 6.45) is 7.12. The minimum Gasteiger partial charge on any atom is -0.342 e. The molecule has 9 heteroatoms. The van der Waals surface area contributed by atoms with Gasteiger partial charge in [-0.3, -0.25) is 9.59 Å². The number of hydrogen-bond donors (Lipinski definition) is 1. The zero-order chi connectivity index (χ0) is 22.0. The summed E-state index contributed by atoms with van der Waals surface area (Å²) < 4.78 is 28.9. The van der Waals surface area contributed by atoms with Crippen LogP contribution >= 0.6 is 0 Å². The number of halogens is 2. The second-order valence-corrected chi connectivity index (χ2v) is 10.3. The van der Waals surface area contributed by atoms with Crippen molar-refractivity contribution in [3.63, 3.8) is 0 Å². The van der Waals surface area contributed by atoms with Gasteiger partial charge in [0.15, 0.2) is 5.65 Å². The van der Waals surface area contributed by atoms with Crippen molar-refractivity contribution < 1.29 is 13.6 Å². The summed E-state index contributed by atoms with van der Waals surface area (Å²) >= 11 is 0. The molecule has 4 atom stereocenters. The summed E-state index contributed by atoms with van der Waals surface area (Å²) in [5.41, 5.74) is 0.180. The van der Waals surface area contributed by atoms with Crippen molar-refractivity contribution in [1.82, 2.24) is 24.6 Å². The minimum absolute atomic E-state index is 0.0981. The van der Waals surface area contributed by atoms with Crippen LogP contribution < -0.4 is 5.56 Å². The average molecular weight is 446 g/mol. The van der Waals surface area contributed by atoms with Gasteiger partial charge in [-0.2, -0.15) is 5.10 Å². The Balaban J connectivity index is 1.25. The number of H-pyrrole nitrogens is 1. The lowest BCUT2D eigenvalue weighted by atomic mass is 9.72. The number of nitrogens with zero attached hydrogens (tertiary/aromatic N) is 4. The van der Waals surface area contributed by atoms with E-state index in [0.717, 1.165) is 25.9 Å². The highest BCUT2D eigenvalue weighted by Gasteiger charge is 2.45. The number of aromatic nitrogens is 4. The Morgan fingerprint density at radius 3 is 2.44 bits per heavy atom. The Labute approximate surface area is 184 Å². The van der Waals surface area contributed by atoms with E-state index < -0.39 is 5.92 Å². The lowest BCUT2D eigenvalue weighted by Crippen LogP contribution is -2.42. The van der Waals surface area contributed by atoms with Gasteiger partial charge in [-0.15, -0.1) is 0 Å². The zero-order valence-corrected chi connectivity index (χ0v) is 18.1. The van der Waals surface area contributed by atoms with Crippen molar-refractivity contribution in [1.29, 1.82) is 0 Å². The second-order valence-electron chi connectivity index (χ2n) is 10.3. The first kappa shape index (κ1) is 20.3. The molecule has 4 aliphatic rings. The maximum absolute atomic E-state index is 13.6. The molecule has 0 bridgehead atoms. The fraction of sp³-hybridized carbons (Fsp3) is 0.739. The monoisotopic (exact) mass is 445 g/mol. The quantitative estimate of drug-likeness (QED) is 0.782. The predicted octanol–water partition coefficient (Wildman–Crippen LogP) is 3.62. The van der Waals surface area contributed by atoms with Crippen molar-refractivity contribution >= 4 is 16.9 Å². The van der Waals surface area contributed by atoms with E-state index in [1.54, 1.807) is 4.68 Å². The average Bonchev–Trinajstić information content (AvgIpc) is 3.42. The molecular formula is C23H29F2N5O2. The number of fused-ring (bicyclic) bond motifs is 2. The van der Waals surface area contributed by atoms with E-state index in [1.807, 2.05) is 4.90 Å². The first-order valence-corrected chi connectivity index (χ1v) is 12.0. The first-order chi connectivity index (χ1) is 15.4. The van der Waals surface area contributed by atoms with Crippen molar-refractivity contribution in [3.05, 3.63) is 22.4 Å². The topological polar surface area (TPSA) is 83.9 Å². The maximum atomic E-state index is 13.6. The molecule has 2 aromatic heterocycles. The van der Waals surface area contributed by atoms with Gasteiger partial charge in [0.05, 0.1) is 12.2 Å². The third-order valence-corrected chi connectivity index (χ3v) is 8.49. The van der Waals surface area contributed by atoms with Gasteiger partial charge in [0.1, 0.15) is 11.2 Å². The van der Waals surface area contributed by atoms with Crippen LogP contribution in [0.25, 0.3) is 11.0 Å². The molecule has 3 heterocycles. The van der Waals surface area contributed by atoms with E-state index in [2.05, 4.69) is 10.1 Å². The van der Waals surface area contributed by atoms with E-state index >= 15 is 0 Å². The Morgan fingerprint density at radius 2 is 1.78 bits per heavy atom. The van der Waals surface area contributed by atoms with Gasteiger partial charge >= 0.3 is 0 Å². The fourth-order valence-electron chi connectivity index (χ4n) is 6.44. The molecule has 7 nitrogen and oxygen atoms in total. The van der Waals surface area contributed by atoms with E-state index in [4.69, 9.17) is 4.98 Å². The first-order valence-electron chi connectivity index (χ1n) is 12.0. The predicted molar refractivity (Wildman–Crippen MR) is 113 cm³/mol. The van der Waals surface area contributed by atoms with Crippen molar-refractivity contribution in [3.8, 4) is 0 Å². The van der Waals surface area contributed by atoms with Crippen LogP contribution in [0.5, 0.6) is 0 Å². The van der Waals surface area contributed by atoms with Gasteiger partial charge in [-0.25, -0.2) is 18.4 Å². The van der Waals surface area contributed by atoms with E-state index in [1.165, 1.54) is 25.5 Å². The Kier molecular flexibility index (Phi) is 4.66. The fourth-order valence-corrected chi connectivity index (χ4v) is 6.44. The highest BCUT2D eigenvalue weighted by atomic mass is 19.3. The van der Waals surface area contributed by atoms with Gasteiger partial charge < -0.3 is 9.88 Å². The van der Waals surface area contributed by atoms with Crippen LogP contribution in [0.3, 0.4) is 0 Å². The summed E-state index contributed by atoms with van der Waals surface area (Å²) in [4.78, 5) is 35.6. The van der Waals surface area contributed by atoms with Gasteiger partial charge in [0.25, 0.3) is 5.56 Å². The molecule has 1 saturated heterocycles. The Hall–Kier alpha value is -2.32. The van der Waals surface area contributed by atoms with Gasteiger partial charge in [-0.1, -0.05) is 6.42 Å². The van der Waals surface area contributed by atoms with E-state index in [9.17, 15) is 18.4 Å². The lowest BCUT2D eigenvalue weighted by Gasteiger charge is -2.37. The minimum atomic E-state index is -2.62. The Morgan fingerprint density at radius 1 is 1.06 bits per heavy atom. The molecule has 3 aliphatic carbocycles. The molecular weight excluding hydrogens is 416 g/mol. The molecule has 1 N–H and O–H groups in total. The molecule has 6 rings (SSSR count). The van der Waals surface area contributed by atoms with Crippen LogP contribution in [0.15, 0.2) is 11.0 Å². The number of aromatic amines is 1. The molecule has 2 aromatic rings. The van der Waals surface area contributed by atoms with Crippen LogP contribution in [0.2, 0.25) is 0 Å². The number of carbonyl (C=O) groups excluding carboxylic acids is 1. The third-order valence-electron chi connectivity index (χ3n) is 8.49. The molecule has 4 fully saturated rings. The number of nitrogens with one attached hydrogen (secondary N) is 1. The molecule has 0 spiro atoms. The number of likely N-dealkylation sites (tertiary alicyclic amines) is 1. The van der Waals surface area contributed by atoms with Gasteiger partial charge in [0.2, 0.25) is 11.8 Å². The highest BCUT2D eigenvalue weighted by molar-refractivity contribution is 5.81. The van der Waals surface area contributed by atoms with Crippen molar-refractivity contribution in [2.24, 2.45) is 17.8 Å². The van der Waals surface area contributed by atoms with Crippen molar-refractivity contribution in [2.45, 2.75) is 75.7 Å². The summed E-state index contributed by atoms with van der Waals surface area (Å²) in [7, 11) is 0. The molecule has 0 aromatic carbocycles. The zero-order valence-electron chi connectivity index (χ0n) is 18.1. The molecule has 172 valence electrons. The Bertz CT molecular complexity index is 1090. The second kappa shape index (κ2) is 7.35. The third kappa shape index (κ3) is 3.27. The van der Waals surface area contributed by atoms with Crippen molar-refractivity contribution in [2.75, 3.05) is 13.1 Å². The molecule has 4 unspecified atom stereocenters. The van der Waals surface area contributed by atoms with Crippen LogP contribution in [0.4, 0.5) is 8.78 Å². The van der Waals surface area contributed by atoms with Crippen LogP contribution in [-0.4, -0.2) is 49.6 Å². The molecule has 0 radical (unpaired) electrons. The summed E-state index contributed by atoms with van der Waals surface area (Å²) in [5, 5.41) is 4.71. The molecule has 3 saturated carbocycles. The van der Waals surface area contributed by atoms with Crippen LogP contribution in [0.1, 0.15) is 75.6 Å². The largest absolute Gasteiger partial charge is 0.342 e. The number of rotatable bonds is 3. The van der Waals surface area contributed by atoms with Gasteiger partial charge in [-0.05, 0) is 50.4 Å². The maximum Gasteiger partial charge on any atom is 0.262 e. The molecule has 1 aliphatic heterocycles. The lowest BCUT2D eigenvalue weighted by molar-refractivity contribution is -0.138. The number of hydrogen-bond acceptors (Lipinski definition) is 4. The number of carbonyl (C=O) groups is 1.